The van der Waals surface area contributed by atoms with Gasteiger partial charge in [0.05, 0.1) is 0 Å². The number of pyridine rings is 1. The number of fused-ring (bicyclic) bond motifs is 3. The first-order chi connectivity index (χ1) is 18.6. The Morgan fingerprint density at radius 1 is 0.897 bits per heavy atom. The molecule has 2 amide bonds. The Bertz CT molecular complexity index is 1270. The van der Waals surface area contributed by atoms with Gasteiger partial charge in [-0.1, -0.05) is 75.4 Å². The molecule has 0 spiro atoms. The predicted molar refractivity (Wildman–Crippen MR) is 148 cm³/mol. The van der Waals surface area contributed by atoms with Crippen molar-refractivity contribution >= 4 is 18.0 Å². The number of aliphatic carboxylic acids is 1. The topological polar surface area (TPSA) is 118 Å². The van der Waals surface area contributed by atoms with Gasteiger partial charge in [0.25, 0.3) is 0 Å². The molecule has 1 aromatic heterocycles. The van der Waals surface area contributed by atoms with Crippen molar-refractivity contribution in [3.05, 3.63) is 89.7 Å². The zero-order valence-electron chi connectivity index (χ0n) is 22.5. The lowest BCUT2D eigenvalue weighted by molar-refractivity contribution is -0.142. The number of carboxylic acids is 1. The van der Waals surface area contributed by atoms with Crippen LogP contribution in [0, 0.1) is 5.41 Å². The lowest BCUT2D eigenvalue weighted by Gasteiger charge is -2.24. The van der Waals surface area contributed by atoms with Crippen LogP contribution in [0.5, 0.6) is 0 Å². The fraction of sp³-hybridized carbons (Fsp3) is 0.355. The summed E-state index contributed by atoms with van der Waals surface area (Å²) in [4.78, 5) is 42.3. The van der Waals surface area contributed by atoms with Crippen LogP contribution in [-0.4, -0.2) is 46.8 Å². The number of benzene rings is 2. The van der Waals surface area contributed by atoms with E-state index in [2.05, 4.69) is 27.8 Å². The van der Waals surface area contributed by atoms with Gasteiger partial charge < -0.3 is 20.5 Å². The molecule has 1 heterocycles. The highest BCUT2D eigenvalue weighted by molar-refractivity contribution is 5.89. The first-order valence-electron chi connectivity index (χ1n) is 13.2. The molecule has 0 radical (unpaired) electrons. The largest absolute Gasteiger partial charge is 0.480 e. The highest BCUT2D eigenvalue weighted by Crippen LogP contribution is 2.44. The summed E-state index contributed by atoms with van der Waals surface area (Å²) in [5.74, 6) is -1.85. The van der Waals surface area contributed by atoms with E-state index in [1.807, 2.05) is 57.2 Å². The van der Waals surface area contributed by atoms with Crippen molar-refractivity contribution in [3.8, 4) is 11.1 Å². The van der Waals surface area contributed by atoms with Crippen molar-refractivity contribution in [2.45, 2.75) is 58.0 Å². The van der Waals surface area contributed by atoms with Gasteiger partial charge in [-0.2, -0.15) is 0 Å². The molecule has 4 rings (SSSR count). The second kappa shape index (κ2) is 12.1. The lowest BCUT2D eigenvalue weighted by Crippen LogP contribution is -2.52. The minimum absolute atomic E-state index is 0.0858. The number of hydrogen-bond acceptors (Lipinski definition) is 5. The molecule has 0 saturated carbocycles. The Balaban J connectivity index is 1.45. The highest BCUT2D eigenvalue weighted by atomic mass is 16.5. The van der Waals surface area contributed by atoms with E-state index in [0.29, 0.717) is 12.1 Å². The average molecular weight is 530 g/mol. The van der Waals surface area contributed by atoms with E-state index in [0.717, 1.165) is 22.3 Å². The third-order valence-corrected chi connectivity index (χ3v) is 6.89. The van der Waals surface area contributed by atoms with Crippen molar-refractivity contribution in [2.75, 3.05) is 6.61 Å². The van der Waals surface area contributed by atoms with Gasteiger partial charge in [0.2, 0.25) is 5.91 Å². The molecular formula is C31H35N3O5. The Hall–Kier alpha value is -4.20. The number of carboxylic acid groups (broad SMARTS) is 1. The molecule has 39 heavy (non-hydrogen) atoms. The standard InChI is InChI=1S/C31H35N3O5/c1-31(2,3)16-15-26(29(36)37)33-28(35)27(18-20-10-8-9-17-32-20)34-30(38)39-19-25-23-13-6-4-11-21(23)22-12-5-7-14-24(22)25/h4-14,17,25-27H,15-16,18-19H2,1-3H3,(H,33,35)(H,34,38)(H,36,37)/t26-,27-/m0/s1. The SMILES string of the molecule is CC(C)(C)CC[C@H](NC(=O)[C@H](Cc1ccccn1)NC(=O)OCC1c2ccccc2-c2ccccc21)C(=O)O. The zero-order valence-corrected chi connectivity index (χ0v) is 22.5. The van der Waals surface area contributed by atoms with Crippen molar-refractivity contribution in [1.29, 1.82) is 0 Å². The molecule has 0 fully saturated rings. The first-order valence-corrected chi connectivity index (χ1v) is 13.2. The quantitative estimate of drug-likeness (QED) is 0.343. The second-order valence-corrected chi connectivity index (χ2v) is 11.0. The maximum absolute atomic E-state index is 13.2. The highest BCUT2D eigenvalue weighted by Gasteiger charge is 2.31. The summed E-state index contributed by atoms with van der Waals surface area (Å²) in [5, 5.41) is 14.9. The number of amides is 2. The molecule has 2 aromatic carbocycles. The summed E-state index contributed by atoms with van der Waals surface area (Å²) in [7, 11) is 0. The molecule has 8 nitrogen and oxygen atoms in total. The molecule has 8 heteroatoms. The molecule has 1 aliphatic rings. The van der Waals surface area contributed by atoms with E-state index in [-0.39, 0.29) is 30.8 Å². The minimum Gasteiger partial charge on any atom is -0.480 e. The van der Waals surface area contributed by atoms with Gasteiger partial charge in [0, 0.05) is 24.2 Å². The number of aromatic nitrogens is 1. The molecule has 1 aliphatic carbocycles. The van der Waals surface area contributed by atoms with E-state index in [4.69, 9.17) is 4.74 Å². The van der Waals surface area contributed by atoms with Crippen LogP contribution in [0.15, 0.2) is 72.9 Å². The molecule has 3 aromatic rings. The third kappa shape index (κ3) is 7.22. The fourth-order valence-electron chi connectivity index (χ4n) is 4.83. The van der Waals surface area contributed by atoms with Crippen molar-refractivity contribution in [2.24, 2.45) is 5.41 Å². The van der Waals surface area contributed by atoms with Gasteiger partial charge in [-0.3, -0.25) is 9.78 Å². The summed E-state index contributed by atoms with van der Waals surface area (Å²) < 4.78 is 5.64. The average Bonchev–Trinajstić information content (AvgIpc) is 3.23. The molecule has 0 bridgehead atoms. The molecule has 3 N–H and O–H groups in total. The van der Waals surface area contributed by atoms with Crippen LogP contribution < -0.4 is 10.6 Å². The minimum atomic E-state index is -1.12. The van der Waals surface area contributed by atoms with Crippen LogP contribution in [0.1, 0.15) is 56.4 Å². The lowest BCUT2D eigenvalue weighted by atomic mass is 9.88. The van der Waals surface area contributed by atoms with Crippen LogP contribution in [0.4, 0.5) is 4.79 Å². The summed E-state index contributed by atoms with van der Waals surface area (Å²) in [6.45, 7) is 6.13. The van der Waals surface area contributed by atoms with Gasteiger partial charge in [-0.05, 0) is 52.6 Å². The third-order valence-electron chi connectivity index (χ3n) is 6.89. The number of alkyl carbamates (subject to hydrolysis) is 1. The van der Waals surface area contributed by atoms with Crippen molar-refractivity contribution in [3.63, 3.8) is 0 Å². The van der Waals surface area contributed by atoms with Crippen LogP contribution in [-0.2, 0) is 20.7 Å². The number of rotatable bonds is 10. The van der Waals surface area contributed by atoms with Crippen molar-refractivity contribution in [1.82, 2.24) is 15.6 Å². The van der Waals surface area contributed by atoms with Gasteiger partial charge in [-0.25, -0.2) is 9.59 Å². The number of ether oxygens (including phenoxy) is 1. The molecule has 0 aliphatic heterocycles. The van der Waals surface area contributed by atoms with Gasteiger partial charge in [0.1, 0.15) is 18.7 Å². The van der Waals surface area contributed by atoms with E-state index >= 15 is 0 Å². The van der Waals surface area contributed by atoms with Crippen LogP contribution >= 0.6 is 0 Å². The Morgan fingerprint density at radius 3 is 2.08 bits per heavy atom. The number of hydrogen-bond donors (Lipinski definition) is 3. The van der Waals surface area contributed by atoms with Crippen LogP contribution in [0.2, 0.25) is 0 Å². The second-order valence-electron chi connectivity index (χ2n) is 11.0. The summed E-state index contributed by atoms with van der Waals surface area (Å²) in [5.41, 5.74) is 4.88. The van der Waals surface area contributed by atoms with Gasteiger partial charge in [0.15, 0.2) is 0 Å². The molecule has 2 atom stereocenters. The predicted octanol–water partition coefficient (Wildman–Crippen LogP) is 4.93. The van der Waals surface area contributed by atoms with E-state index < -0.39 is 30.1 Å². The summed E-state index contributed by atoms with van der Waals surface area (Å²) in [6.07, 6.45) is 1.80. The van der Waals surface area contributed by atoms with Gasteiger partial charge >= 0.3 is 12.1 Å². The number of carbonyl (C=O) groups excluding carboxylic acids is 2. The smallest absolute Gasteiger partial charge is 0.407 e. The summed E-state index contributed by atoms with van der Waals surface area (Å²) >= 11 is 0. The van der Waals surface area contributed by atoms with Crippen molar-refractivity contribution < 1.29 is 24.2 Å². The fourth-order valence-corrected chi connectivity index (χ4v) is 4.83. The Labute approximate surface area is 228 Å². The first kappa shape index (κ1) is 27.8. The van der Waals surface area contributed by atoms with Crippen LogP contribution in [0.3, 0.4) is 0 Å². The summed E-state index contributed by atoms with van der Waals surface area (Å²) in [6, 6.07) is 19.2. The molecule has 204 valence electrons. The monoisotopic (exact) mass is 529 g/mol. The number of nitrogens with one attached hydrogen (secondary N) is 2. The normalized spacial score (nSPS) is 14.0. The van der Waals surface area contributed by atoms with Gasteiger partial charge in [-0.15, -0.1) is 0 Å². The molecule has 0 unspecified atom stereocenters. The molecular weight excluding hydrogens is 494 g/mol. The maximum Gasteiger partial charge on any atom is 0.407 e. The molecule has 0 saturated heterocycles. The maximum atomic E-state index is 13.2. The zero-order chi connectivity index (χ0) is 28.0. The number of carbonyl (C=O) groups is 3. The van der Waals surface area contributed by atoms with E-state index in [1.54, 1.807) is 24.4 Å². The van der Waals surface area contributed by atoms with E-state index in [1.165, 1.54) is 0 Å². The Kier molecular flexibility index (Phi) is 8.64. The van der Waals surface area contributed by atoms with Crippen LogP contribution in [0.25, 0.3) is 11.1 Å². The van der Waals surface area contributed by atoms with E-state index in [9.17, 15) is 19.5 Å². The number of nitrogens with zero attached hydrogens (tertiary/aromatic N) is 1. The Morgan fingerprint density at radius 2 is 1.51 bits per heavy atom.